The van der Waals surface area contributed by atoms with Gasteiger partial charge in [0.05, 0.1) is 17.8 Å². The van der Waals surface area contributed by atoms with E-state index in [9.17, 15) is 13.2 Å². The molecule has 1 aliphatic carbocycles. The van der Waals surface area contributed by atoms with Crippen molar-refractivity contribution >= 4 is 10.9 Å². The number of alkyl halides is 3. The fraction of sp³-hybridized carbons (Fsp3) is 0.500. The minimum atomic E-state index is -4.48. The lowest BCUT2D eigenvalue weighted by Gasteiger charge is -2.28. The van der Waals surface area contributed by atoms with Gasteiger partial charge in [-0.2, -0.15) is 18.3 Å². The number of nitrogens with two attached hydrogens (primary N) is 1. The molecule has 1 fully saturated rings. The second-order valence-corrected chi connectivity index (χ2v) is 5.42. The van der Waals surface area contributed by atoms with Crippen molar-refractivity contribution in [2.45, 2.75) is 44.0 Å². The molecule has 1 aliphatic rings. The fourth-order valence-corrected chi connectivity index (χ4v) is 2.77. The average Bonchev–Trinajstić information content (AvgIpc) is 2.87. The lowest BCUT2D eigenvalue weighted by molar-refractivity contribution is -0.138. The Morgan fingerprint density at radius 2 is 1.90 bits per heavy atom. The van der Waals surface area contributed by atoms with Crippen LogP contribution in [0.1, 0.15) is 31.2 Å². The highest BCUT2D eigenvalue weighted by molar-refractivity contribution is 5.84. The summed E-state index contributed by atoms with van der Waals surface area (Å²) in [7, 11) is 0. The van der Waals surface area contributed by atoms with Crippen LogP contribution < -0.4 is 10.5 Å². The predicted octanol–water partition coefficient (Wildman–Crippen LogP) is 3.23. The first kappa shape index (κ1) is 14.2. The molecule has 4 nitrogen and oxygen atoms in total. The van der Waals surface area contributed by atoms with Gasteiger partial charge in [0, 0.05) is 11.4 Å². The lowest BCUT2D eigenvalue weighted by Crippen LogP contribution is -2.32. The van der Waals surface area contributed by atoms with Crippen molar-refractivity contribution in [2.24, 2.45) is 5.73 Å². The summed E-state index contributed by atoms with van der Waals surface area (Å²) in [4.78, 5) is 0. The second-order valence-electron chi connectivity index (χ2n) is 5.42. The van der Waals surface area contributed by atoms with Crippen molar-refractivity contribution in [2.75, 3.05) is 0 Å². The average molecular weight is 299 g/mol. The number of aromatic nitrogens is 2. The van der Waals surface area contributed by atoms with E-state index in [0.717, 1.165) is 12.8 Å². The Balaban J connectivity index is 1.94. The number of H-pyrrole nitrogens is 1. The lowest BCUT2D eigenvalue weighted by atomic mass is 9.93. The maximum atomic E-state index is 13.3. The first-order chi connectivity index (χ1) is 9.95. The normalized spacial score (nSPS) is 23.4. The maximum absolute atomic E-state index is 13.3. The summed E-state index contributed by atoms with van der Waals surface area (Å²) >= 11 is 0. The monoisotopic (exact) mass is 299 g/mol. The smallest absolute Gasteiger partial charge is 0.420 e. The summed E-state index contributed by atoms with van der Waals surface area (Å²) < 4.78 is 45.6. The SMILES string of the molecule is N[C@H]1CC[C@H](Oc2ccc3[nH]ncc3c2C(F)(F)F)CC1. The molecule has 0 spiro atoms. The van der Waals surface area contributed by atoms with E-state index in [2.05, 4.69) is 10.2 Å². The first-order valence-corrected chi connectivity index (χ1v) is 6.90. The second kappa shape index (κ2) is 5.22. The summed E-state index contributed by atoms with van der Waals surface area (Å²) in [6, 6.07) is 3.04. The molecule has 2 aromatic rings. The Kier molecular flexibility index (Phi) is 3.52. The van der Waals surface area contributed by atoms with Crippen molar-refractivity contribution in [3.63, 3.8) is 0 Å². The van der Waals surface area contributed by atoms with Crippen LogP contribution in [0.4, 0.5) is 13.2 Å². The number of hydrogen-bond donors (Lipinski definition) is 2. The molecule has 1 heterocycles. The standard InChI is InChI=1S/C14H16F3N3O/c15-14(16,17)13-10-7-19-20-11(10)5-6-12(13)21-9-3-1-8(18)2-4-9/h5-9H,1-4,18H2,(H,19,20)/t8-,9-. The molecule has 0 saturated heterocycles. The van der Waals surface area contributed by atoms with Crippen molar-refractivity contribution in [1.29, 1.82) is 0 Å². The molecule has 0 aliphatic heterocycles. The molecule has 3 N–H and O–H groups in total. The molecule has 0 atom stereocenters. The van der Waals surface area contributed by atoms with Crippen molar-refractivity contribution in [1.82, 2.24) is 10.2 Å². The number of hydrogen-bond acceptors (Lipinski definition) is 3. The summed E-state index contributed by atoms with van der Waals surface area (Å²) in [5.41, 5.74) is 5.39. The number of nitrogens with zero attached hydrogens (tertiary/aromatic N) is 1. The van der Waals surface area contributed by atoms with Gasteiger partial charge in [0.2, 0.25) is 0 Å². The van der Waals surface area contributed by atoms with Crippen LogP contribution in [0.25, 0.3) is 10.9 Å². The Hall–Kier alpha value is -1.76. The van der Waals surface area contributed by atoms with Gasteiger partial charge in [-0.05, 0) is 37.8 Å². The van der Waals surface area contributed by atoms with Crippen LogP contribution >= 0.6 is 0 Å². The highest BCUT2D eigenvalue weighted by atomic mass is 19.4. The van der Waals surface area contributed by atoms with Crippen LogP contribution in [0.15, 0.2) is 18.3 Å². The Labute approximate surface area is 119 Å². The number of fused-ring (bicyclic) bond motifs is 1. The van der Waals surface area contributed by atoms with Crippen molar-refractivity contribution < 1.29 is 17.9 Å². The molecule has 1 saturated carbocycles. The molecule has 0 bridgehead atoms. The molecule has 3 rings (SSSR count). The van der Waals surface area contributed by atoms with E-state index in [1.165, 1.54) is 12.3 Å². The largest absolute Gasteiger partial charge is 0.490 e. The molecular weight excluding hydrogens is 283 g/mol. The quantitative estimate of drug-likeness (QED) is 0.895. The minimum absolute atomic E-state index is 0.0347. The highest BCUT2D eigenvalue weighted by Gasteiger charge is 2.37. The van der Waals surface area contributed by atoms with E-state index in [1.807, 2.05) is 0 Å². The molecule has 0 radical (unpaired) electrons. The van der Waals surface area contributed by atoms with Crippen LogP contribution in [0, 0.1) is 0 Å². The summed E-state index contributed by atoms with van der Waals surface area (Å²) in [5.74, 6) is -0.128. The fourth-order valence-electron chi connectivity index (χ4n) is 2.77. The number of benzene rings is 1. The molecule has 21 heavy (non-hydrogen) atoms. The predicted molar refractivity (Wildman–Crippen MR) is 72.0 cm³/mol. The van der Waals surface area contributed by atoms with E-state index in [0.29, 0.717) is 18.4 Å². The van der Waals surface area contributed by atoms with Crippen LogP contribution in [0.5, 0.6) is 5.75 Å². The molecule has 7 heteroatoms. The van der Waals surface area contributed by atoms with Gasteiger partial charge in [-0.25, -0.2) is 0 Å². The first-order valence-electron chi connectivity index (χ1n) is 6.90. The number of nitrogens with one attached hydrogen (secondary N) is 1. The zero-order valence-corrected chi connectivity index (χ0v) is 11.3. The van der Waals surface area contributed by atoms with E-state index in [4.69, 9.17) is 10.5 Å². The van der Waals surface area contributed by atoms with E-state index >= 15 is 0 Å². The Bertz CT molecular complexity index is 630. The maximum Gasteiger partial charge on any atom is 0.420 e. The zero-order chi connectivity index (χ0) is 15.0. The van der Waals surface area contributed by atoms with Gasteiger partial charge < -0.3 is 10.5 Å². The van der Waals surface area contributed by atoms with Gasteiger partial charge in [0.1, 0.15) is 11.3 Å². The van der Waals surface area contributed by atoms with Crippen LogP contribution in [0.3, 0.4) is 0 Å². The van der Waals surface area contributed by atoms with E-state index in [-0.39, 0.29) is 23.3 Å². The third-order valence-electron chi connectivity index (χ3n) is 3.88. The minimum Gasteiger partial charge on any atom is -0.490 e. The van der Waals surface area contributed by atoms with Gasteiger partial charge in [-0.3, -0.25) is 5.10 Å². The molecular formula is C14H16F3N3O. The number of rotatable bonds is 2. The Morgan fingerprint density at radius 1 is 1.19 bits per heavy atom. The molecule has 1 aromatic heterocycles. The number of halogens is 3. The van der Waals surface area contributed by atoms with Gasteiger partial charge in [-0.1, -0.05) is 0 Å². The van der Waals surface area contributed by atoms with Crippen LogP contribution in [0.2, 0.25) is 0 Å². The molecule has 0 unspecified atom stereocenters. The number of ether oxygens (including phenoxy) is 1. The highest BCUT2D eigenvalue weighted by Crippen LogP contribution is 2.41. The third kappa shape index (κ3) is 2.83. The van der Waals surface area contributed by atoms with Crippen molar-refractivity contribution in [3.05, 3.63) is 23.9 Å². The molecule has 0 amide bonds. The molecule has 1 aromatic carbocycles. The molecule has 114 valence electrons. The number of aromatic amines is 1. The van der Waals surface area contributed by atoms with Crippen LogP contribution in [-0.4, -0.2) is 22.3 Å². The van der Waals surface area contributed by atoms with E-state index in [1.54, 1.807) is 6.07 Å². The van der Waals surface area contributed by atoms with Gasteiger partial charge >= 0.3 is 6.18 Å². The third-order valence-corrected chi connectivity index (χ3v) is 3.88. The Morgan fingerprint density at radius 3 is 2.57 bits per heavy atom. The summed E-state index contributed by atoms with van der Waals surface area (Å²) in [6.45, 7) is 0. The topological polar surface area (TPSA) is 63.9 Å². The van der Waals surface area contributed by atoms with Crippen molar-refractivity contribution in [3.8, 4) is 5.75 Å². The van der Waals surface area contributed by atoms with Gasteiger partial charge in [-0.15, -0.1) is 0 Å². The zero-order valence-electron chi connectivity index (χ0n) is 11.3. The summed E-state index contributed by atoms with van der Waals surface area (Å²) in [6.07, 6.45) is -0.592. The van der Waals surface area contributed by atoms with Gasteiger partial charge in [0.15, 0.2) is 0 Å². The van der Waals surface area contributed by atoms with Crippen LogP contribution in [-0.2, 0) is 6.18 Å². The summed E-state index contributed by atoms with van der Waals surface area (Å²) in [5, 5.41) is 6.26. The van der Waals surface area contributed by atoms with Gasteiger partial charge in [0.25, 0.3) is 0 Å². The van der Waals surface area contributed by atoms with E-state index < -0.39 is 11.7 Å².